The van der Waals surface area contributed by atoms with Crippen LogP contribution in [0.3, 0.4) is 0 Å². The third-order valence-electron chi connectivity index (χ3n) is 3.98. The van der Waals surface area contributed by atoms with Gasteiger partial charge in [-0.15, -0.1) is 0 Å². The van der Waals surface area contributed by atoms with Gasteiger partial charge in [0, 0.05) is 33.1 Å². The van der Waals surface area contributed by atoms with Gasteiger partial charge in [0.15, 0.2) is 0 Å². The summed E-state index contributed by atoms with van der Waals surface area (Å²) in [5.74, 6) is -0.405. The van der Waals surface area contributed by atoms with E-state index in [2.05, 4.69) is 6.92 Å². The smallest absolute Gasteiger partial charge is 0.319 e. The van der Waals surface area contributed by atoms with Gasteiger partial charge in [-0.1, -0.05) is 19.8 Å². The van der Waals surface area contributed by atoms with E-state index in [0.29, 0.717) is 18.9 Å². The third kappa shape index (κ3) is 5.80. The van der Waals surface area contributed by atoms with Crippen molar-refractivity contribution in [2.75, 3.05) is 26.7 Å². The monoisotopic (exact) mass is 284 g/mol. The molecule has 20 heavy (non-hydrogen) atoms. The number of likely N-dealkylation sites (tertiary alicyclic amines) is 1. The van der Waals surface area contributed by atoms with Gasteiger partial charge in [-0.25, -0.2) is 4.79 Å². The van der Waals surface area contributed by atoms with Crippen LogP contribution in [0, 0.1) is 5.92 Å². The largest absolute Gasteiger partial charge is 0.481 e. The van der Waals surface area contributed by atoms with E-state index < -0.39 is 5.97 Å². The van der Waals surface area contributed by atoms with Gasteiger partial charge in [-0.2, -0.15) is 0 Å². The van der Waals surface area contributed by atoms with E-state index in [0.717, 1.165) is 45.2 Å². The Morgan fingerprint density at radius 2 is 2.10 bits per heavy atom. The quantitative estimate of drug-likeness (QED) is 0.731. The fraction of sp³-hybridized carbons (Fsp3) is 0.867. The number of carboxylic acids is 1. The number of nitrogens with zero attached hydrogens (tertiary/aromatic N) is 2. The molecular weight excluding hydrogens is 256 g/mol. The molecular formula is C15H28N2O3. The molecule has 1 heterocycles. The molecule has 1 aliphatic heterocycles. The first-order valence-electron chi connectivity index (χ1n) is 7.76. The number of hydrogen-bond donors (Lipinski definition) is 1. The maximum atomic E-state index is 12.3. The van der Waals surface area contributed by atoms with Crippen LogP contribution < -0.4 is 0 Å². The SMILES string of the molecule is CCCCCN(C)C(=O)N1CCCC(CCC(=O)O)C1. The molecule has 0 bridgehead atoms. The predicted molar refractivity (Wildman–Crippen MR) is 78.7 cm³/mol. The van der Waals surface area contributed by atoms with Crippen molar-refractivity contribution in [2.24, 2.45) is 5.92 Å². The second-order valence-corrected chi connectivity index (χ2v) is 5.80. The van der Waals surface area contributed by atoms with E-state index in [-0.39, 0.29) is 12.5 Å². The van der Waals surface area contributed by atoms with Crippen molar-refractivity contribution >= 4 is 12.0 Å². The van der Waals surface area contributed by atoms with Crippen LogP contribution in [-0.4, -0.2) is 53.6 Å². The van der Waals surface area contributed by atoms with Crippen LogP contribution in [-0.2, 0) is 4.79 Å². The van der Waals surface area contributed by atoms with Gasteiger partial charge in [-0.3, -0.25) is 4.79 Å². The first kappa shape index (κ1) is 16.8. The number of carbonyl (C=O) groups excluding carboxylic acids is 1. The predicted octanol–water partition coefficient (Wildman–Crippen LogP) is 2.81. The molecule has 1 aliphatic rings. The number of aliphatic carboxylic acids is 1. The number of amides is 2. The molecule has 1 N–H and O–H groups in total. The summed E-state index contributed by atoms with van der Waals surface area (Å²) >= 11 is 0. The topological polar surface area (TPSA) is 60.9 Å². The van der Waals surface area contributed by atoms with Crippen LogP contribution in [0.2, 0.25) is 0 Å². The van der Waals surface area contributed by atoms with Crippen LogP contribution in [0.4, 0.5) is 4.79 Å². The molecule has 1 rings (SSSR count). The zero-order valence-electron chi connectivity index (χ0n) is 12.8. The molecule has 1 saturated heterocycles. The molecule has 5 heteroatoms. The minimum absolute atomic E-state index is 0.0983. The number of urea groups is 1. The van der Waals surface area contributed by atoms with Crippen LogP contribution in [0.15, 0.2) is 0 Å². The van der Waals surface area contributed by atoms with Crippen molar-refractivity contribution in [2.45, 2.75) is 51.9 Å². The van der Waals surface area contributed by atoms with E-state index >= 15 is 0 Å². The average Bonchev–Trinajstić information content (AvgIpc) is 2.44. The highest BCUT2D eigenvalue weighted by Crippen LogP contribution is 2.21. The number of carboxylic acid groups (broad SMARTS) is 1. The van der Waals surface area contributed by atoms with E-state index in [9.17, 15) is 9.59 Å². The molecule has 1 atom stereocenters. The number of unbranched alkanes of at least 4 members (excludes halogenated alkanes) is 2. The number of hydrogen-bond acceptors (Lipinski definition) is 2. The van der Waals surface area contributed by atoms with Gasteiger partial charge < -0.3 is 14.9 Å². The van der Waals surface area contributed by atoms with Crippen molar-refractivity contribution < 1.29 is 14.7 Å². The van der Waals surface area contributed by atoms with Gasteiger partial charge >= 0.3 is 12.0 Å². The van der Waals surface area contributed by atoms with Crippen molar-refractivity contribution in [3.63, 3.8) is 0 Å². The Labute approximate surface area is 121 Å². The minimum atomic E-state index is -0.745. The standard InChI is InChI=1S/C15H28N2O3/c1-3-4-5-10-16(2)15(20)17-11-6-7-13(12-17)8-9-14(18)19/h13H,3-12H2,1-2H3,(H,18,19). The highest BCUT2D eigenvalue weighted by molar-refractivity contribution is 5.74. The minimum Gasteiger partial charge on any atom is -0.481 e. The number of carbonyl (C=O) groups is 2. The highest BCUT2D eigenvalue weighted by atomic mass is 16.4. The lowest BCUT2D eigenvalue weighted by Gasteiger charge is -2.35. The summed E-state index contributed by atoms with van der Waals surface area (Å²) in [7, 11) is 1.86. The third-order valence-corrected chi connectivity index (χ3v) is 3.98. The molecule has 0 saturated carbocycles. The van der Waals surface area contributed by atoms with E-state index in [4.69, 9.17) is 5.11 Å². The van der Waals surface area contributed by atoms with Crippen LogP contribution >= 0.6 is 0 Å². The van der Waals surface area contributed by atoms with Crippen LogP contribution in [0.1, 0.15) is 51.9 Å². The fourth-order valence-electron chi connectivity index (χ4n) is 2.74. The number of piperidine rings is 1. The average molecular weight is 284 g/mol. The van der Waals surface area contributed by atoms with Crippen molar-refractivity contribution in [1.82, 2.24) is 9.80 Å². The second kappa shape index (κ2) is 8.82. The molecule has 1 unspecified atom stereocenters. The summed E-state index contributed by atoms with van der Waals surface area (Å²) in [5, 5.41) is 8.74. The van der Waals surface area contributed by atoms with Gasteiger partial charge in [0.05, 0.1) is 0 Å². The molecule has 0 spiro atoms. The fourth-order valence-corrected chi connectivity index (χ4v) is 2.74. The lowest BCUT2D eigenvalue weighted by Crippen LogP contribution is -2.46. The summed E-state index contributed by atoms with van der Waals surface area (Å²) in [6.07, 6.45) is 6.27. The molecule has 0 aliphatic carbocycles. The van der Waals surface area contributed by atoms with Crippen molar-refractivity contribution in [3.05, 3.63) is 0 Å². The molecule has 5 nitrogen and oxygen atoms in total. The maximum absolute atomic E-state index is 12.3. The lowest BCUT2D eigenvalue weighted by molar-refractivity contribution is -0.137. The molecule has 0 aromatic rings. The Morgan fingerprint density at radius 3 is 2.75 bits per heavy atom. The Balaban J connectivity index is 2.37. The molecule has 2 amide bonds. The Kier molecular flexibility index (Phi) is 7.41. The first-order chi connectivity index (χ1) is 9.54. The molecule has 116 valence electrons. The zero-order chi connectivity index (χ0) is 15.0. The second-order valence-electron chi connectivity index (χ2n) is 5.80. The molecule has 0 aromatic carbocycles. The van der Waals surface area contributed by atoms with Crippen molar-refractivity contribution in [1.29, 1.82) is 0 Å². The maximum Gasteiger partial charge on any atom is 0.319 e. The normalized spacial score (nSPS) is 18.9. The first-order valence-corrected chi connectivity index (χ1v) is 7.76. The Hall–Kier alpha value is -1.26. The van der Waals surface area contributed by atoms with Gasteiger partial charge in [0.1, 0.15) is 0 Å². The van der Waals surface area contributed by atoms with Gasteiger partial charge in [0.25, 0.3) is 0 Å². The van der Waals surface area contributed by atoms with Gasteiger partial charge in [-0.05, 0) is 31.6 Å². The van der Waals surface area contributed by atoms with E-state index in [1.807, 2.05) is 11.9 Å². The van der Waals surface area contributed by atoms with Crippen LogP contribution in [0.5, 0.6) is 0 Å². The summed E-state index contributed by atoms with van der Waals surface area (Å²) in [6, 6.07) is 0.0983. The molecule has 0 aromatic heterocycles. The number of rotatable bonds is 7. The van der Waals surface area contributed by atoms with Crippen LogP contribution in [0.25, 0.3) is 0 Å². The summed E-state index contributed by atoms with van der Waals surface area (Å²) in [5.41, 5.74) is 0. The molecule has 0 radical (unpaired) electrons. The summed E-state index contributed by atoms with van der Waals surface area (Å²) in [6.45, 7) is 4.48. The Bertz CT molecular complexity index is 320. The Morgan fingerprint density at radius 1 is 1.35 bits per heavy atom. The van der Waals surface area contributed by atoms with Gasteiger partial charge in [0.2, 0.25) is 0 Å². The lowest BCUT2D eigenvalue weighted by atomic mass is 9.93. The highest BCUT2D eigenvalue weighted by Gasteiger charge is 2.25. The van der Waals surface area contributed by atoms with E-state index in [1.54, 1.807) is 4.90 Å². The van der Waals surface area contributed by atoms with E-state index in [1.165, 1.54) is 0 Å². The molecule has 1 fully saturated rings. The summed E-state index contributed by atoms with van der Waals surface area (Å²) in [4.78, 5) is 26.6. The van der Waals surface area contributed by atoms with Crippen molar-refractivity contribution in [3.8, 4) is 0 Å². The zero-order valence-corrected chi connectivity index (χ0v) is 12.8. The summed E-state index contributed by atoms with van der Waals surface area (Å²) < 4.78 is 0.